The van der Waals surface area contributed by atoms with Crippen molar-refractivity contribution >= 4 is 62.7 Å². The van der Waals surface area contributed by atoms with Crippen LogP contribution in [0.5, 0.6) is 0 Å². The summed E-state index contributed by atoms with van der Waals surface area (Å²) < 4.78 is 0. The summed E-state index contributed by atoms with van der Waals surface area (Å²) in [5, 5.41) is 6.53. The fourth-order valence-electron chi connectivity index (χ4n) is 2.37. The molecule has 4 aromatic rings. The average Bonchev–Trinajstić information content (AvgIpc) is 2.67. The Hall–Kier alpha value is -2.25. The van der Waals surface area contributed by atoms with E-state index >= 15 is 0 Å². The largest absolute Gasteiger partial charge is 0.368 e. The van der Waals surface area contributed by atoms with Crippen LogP contribution in [0.3, 0.4) is 0 Å². The quantitative estimate of drug-likeness (QED) is 0.324. The molecule has 164 valence electrons. The van der Waals surface area contributed by atoms with E-state index in [4.69, 9.17) is 40.5 Å². The zero-order chi connectivity index (χ0) is 23.0. The van der Waals surface area contributed by atoms with Gasteiger partial charge >= 0.3 is 0 Å². The number of aromatic nitrogens is 4. The maximum atomic E-state index is 6.13. The molecule has 0 atom stereocenters. The fraction of sp³-hybridized carbons (Fsp3) is 0.273. The molecule has 0 aromatic carbocycles. The molecule has 0 bridgehead atoms. The topological polar surface area (TPSA) is 89.6 Å². The number of nitrogens with zero attached hydrogens (tertiary/aromatic N) is 4. The van der Waals surface area contributed by atoms with Crippen LogP contribution in [-0.2, 0) is 0 Å². The minimum atomic E-state index is 0.328. The van der Waals surface area contributed by atoms with Gasteiger partial charge in [-0.2, -0.15) is 0 Å². The van der Waals surface area contributed by atoms with E-state index < -0.39 is 0 Å². The van der Waals surface area contributed by atoms with E-state index in [0.29, 0.717) is 38.6 Å². The SMILES string of the molecule is CC(C)N.CC(C)Nc1cc(Cl)c2cccnc2n1.Clc1cc(Cl)c2cccnc2n1. The molecule has 4 rings (SSSR count). The van der Waals surface area contributed by atoms with E-state index in [-0.39, 0.29) is 0 Å². The maximum absolute atomic E-state index is 6.13. The number of pyridine rings is 4. The highest BCUT2D eigenvalue weighted by atomic mass is 35.5. The van der Waals surface area contributed by atoms with Crippen LogP contribution in [0.4, 0.5) is 5.82 Å². The van der Waals surface area contributed by atoms with Gasteiger partial charge in [0, 0.05) is 29.2 Å². The molecule has 0 unspecified atom stereocenters. The van der Waals surface area contributed by atoms with Crippen molar-refractivity contribution in [3.63, 3.8) is 0 Å². The van der Waals surface area contributed by atoms with Gasteiger partial charge in [-0.1, -0.05) is 48.7 Å². The monoisotopic (exact) mass is 478 g/mol. The first-order valence-corrected chi connectivity index (χ1v) is 10.8. The summed E-state index contributed by atoms with van der Waals surface area (Å²) in [6.45, 7) is 8.00. The number of nitrogens with one attached hydrogen (secondary N) is 1. The Kier molecular flexibility index (Phi) is 9.65. The third-order valence-electron chi connectivity index (χ3n) is 3.47. The van der Waals surface area contributed by atoms with Crippen molar-refractivity contribution in [2.45, 2.75) is 39.8 Å². The molecule has 6 nitrogen and oxygen atoms in total. The van der Waals surface area contributed by atoms with Gasteiger partial charge in [0.25, 0.3) is 0 Å². The molecular weight excluding hydrogens is 455 g/mol. The van der Waals surface area contributed by atoms with Crippen molar-refractivity contribution in [3.05, 3.63) is 64.0 Å². The van der Waals surface area contributed by atoms with Gasteiger partial charge in [-0.3, -0.25) is 0 Å². The predicted molar refractivity (Wildman–Crippen MR) is 132 cm³/mol. The fourth-order valence-corrected chi connectivity index (χ4v) is 3.12. The summed E-state index contributed by atoms with van der Waals surface area (Å²) in [5.74, 6) is 0.765. The van der Waals surface area contributed by atoms with Crippen LogP contribution < -0.4 is 11.1 Å². The van der Waals surface area contributed by atoms with E-state index in [1.807, 2.05) is 44.2 Å². The van der Waals surface area contributed by atoms with Crippen LogP contribution >= 0.6 is 34.8 Å². The van der Waals surface area contributed by atoms with Gasteiger partial charge in [-0.15, -0.1) is 0 Å². The zero-order valence-electron chi connectivity index (χ0n) is 17.8. The molecular formula is C22H25Cl3N6. The summed E-state index contributed by atoms with van der Waals surface area (Å²) in [4.78, 5) is 16.6. The normalized spacial score (nSPS) is 10.5. The lowest BCUT2D eigenvalue weighted by Crippen LogP contribution is -2.11. The van der Waals surface area contributed by atoms with Crippen LogP contribution in [-0.4, -0.2) is 32.0 Å². The third-order valence-corrected chi connectivity index (χ3v) is 4.29. The zero-order valence-corrected chi connectivity index (χ0v) is 20.0. The van der Waals surface area contributed by atoms with Gasteiger partial charge in [0.1, 0.15) is 11.0 Å². The van der Waals surface area contributed by atoms with E-state index in [1.165, 1.54) is 0 Å². The van der Waals surface area contributed by atoms with Crippen molar-refractivity contribution in [2.24, 2.45) is 5.73 Å². The molecule has 0 spiro atoms. The Morgan fingerprint density at radius 2 is 1.29 bits per heavy atom. The number of rotatable bonds is 2. The Bertz CT molecular complexity index is 1130. The standard InChI is InChI=1S/C11H12ClN3.C8H4Cl2N2.C3H9N/c1-7(2)14-10-6-9(12)8-4-3-5-13-11(8)15-10;9-6-4-7(10)12-8-5(6)2-1-3-11-8;1-3(2)4/h3-7H,1-2H3,(H,13,14,15);1-4H;3H,4H2,1-2H3. The maximum Gasteiger partial charge on any atom is 0.162 e. The first kappa shape index (κ1) is 25.0. The second kappa shape index (κ2) is 12.0. The molecule has 31 heavy (non-hydrogen) atoms. The Morgan fingerprint density at radius 3 is 1.81 bits per heavy atom. The van der Waals surface area contributed by atoms with Crippen LogP contribution in [0, 0.1) is 0 Å². The lowest BCUT2D eigenvalue weighted by Gasteiger charge is -2.10. The van der Waals surface area contributed by atoms with E-state index in [2.05, 4.69) is 39.1 Å². The molecule has 3 N–H and O–H groups in total. The molecule has 0 fully saturated rings. The minimum absolute atomic E-state index is 0.328. The van der Waals surface area contributed by atoms with Gasteiger partial charge < -0.3 is 11.1 Å². The molecule has 0 aliphatic carbocycles. The van der Waals surface area contributed by atoms with Crippen LogP contribution in [0.15, 0.2) is 48.8 Å². The van der Waals surface area contributed by atoms with Gasteiger partial charge in [0.05, 0.1) is 10.0 Å². The predicted octanol–water partition coefficient (Wildman–Crippen LogP) is 6.39. The second-order valence-corrected chi connectivity index (χ2v) is 8.41. The van der Waals surface area contributed by atoms with Gasteiger partial charge in [0.2, 0.25) is 0 Å². The molecule has 0 saturated carbocycles. The molecule has 9 heteroatoms. The number of hydrogen-bond donors (Lipinski definition) is 2. The summed E-state index contributed by atoms with van der Waals surface area (Å²) in [6.07, 6.45) is 3.37. The number of fused-ring (bicyclic) bond motifs is 2. The van der Waals surface area contributed by atoms with Crippen molar-refractivity contribution < 1.29 is 0 Å². The van der Waals surface area contributed by atoms with E-state index in [9.17, 15) is 0 Å². The molecule has 4 aromatic heterocycles. The van der Waals surface area contributed by atoms with E-state index in [0.717, 1.165) is 16.6 Å². The molecule has 0 aliphatic rings. The average molecular weight is 480 g/mol. The van der Waals surface area contributed by atoms with Crippen molar-refractivity contribution in [1.82, 2.24) is 19.9 Å². The molecule has 4 heterocycles. The number of halogens is 3. The molecule has 0 amide bonds. The summed E-state index contributed by atoms with van der Waals surface area (Å²) in [5.41, 5.74) is 6.36. The summed E-state index contributed by atoms with van der Waals surface area (Å²) in [6, 6.07) is 11.5. The minimum Gasteiger partial charge on any atom is -0.368 e. The smallest absolute Gasteiger partial charge is 0.162 e. The van der Waals surface area contributed by atoms with E-state index in [1.54, 1.807) is 18.5 Å². The highest BCUT2D eigenvalue weighted by molar-refractivity contribution is 6.37. The summed E-state index contributed by atoms with van der Waals surface area (Å²) >= 11 is 17.7. The van der Waals surface area contributed by atoms with Crippen molar-refractivity contribution in [1.29, 1.82) is 0 Å². The highest BCUT2D eigenvalue weighted by Crippen LogP contribution is 2.24. The molecule has 0 radical (unpaired) electrons. The first-order chi connectivity index (χ1) is 14.7. The number of nitrogens with two attached hydrogens (primary N) is 1. The number of anilines is 1. The Labute approximate surface area is 197 Å². The van der Waals surface area contributed by atoms with Gasteiger partial charge in [0.15, 0.2) is 11.3 Å². The van der Waals surface area contributed by atoms with Crippen LogP contribution in [0.2, 0.25) is 15.2 Å². The third kappa shape index (κ3) is 8.07. The van der Waals surface area contributed by atoms with Crippen molar-refractivity contribution in [3.8, 4) is 0 Å². The lowest BCUT2D eigenvalue weighted by molar-refractivity contribution is 0.834. The highest BCUT2D eigenvalue weighted by Gasteiger charge is 2.05. The van der Waals surface area contributed by atoms with Gasteiger partial charge in [-0.05, 0) is 56.3 Å². The van der Waals surface area contributed by atoms with Gasteiger partial charge in [-0.25, -0.2) is 19.9 Å². The Morgan fingerprint density at radius 1 is 0.806 bits per heavy atom. The molecule has 0 saturated heterocycles. The second-order valence-electron chi connectivity index (χ2n) is 7.21. The number of hydrogen-bond acceptors (Lipinski definition) is 6. The molecule has 0 aliphatic heterocycles. The first-order valence-electron chi connectivity index (χ1n) is 9.67. The van der Waals surface area contributed by atoms with Crippen molar-refractivity contribution in [2.75, 3.05) is 5.32 Å². The Balaban J connectivity index is 0.000000192. The summed E-state index contributed by atoms with van der Waals surface area (Å²) in [7, 11) is 0. The van der Waals surface area contributed by atoms with Crippen LogP contribution in [0.1, 0.15) is 27.7 Å². The lowest BCUT2D eigenvalue weighted by atomic mass is 10.3. The van der Waals surface area contributed by atoms with Crippen LogP contribution in [0.25, 0.3) is 22.1 Å².